The Balaban J connectivity index is 3.05. The van der Waals surface area contributed by atoms with Crippen molar-refractivity contribution >= 4 is 21.9 Å². The van der Waals surface area contributed by atoms with Crippen molar-refractivity contribution in [3.63, 3.8) is 0 Å². The van der Waals surface area contributed by atoms with Crippen LogP contribution in [0, 0.1) is 0 Å². The third-order valence-electron chi connectivity index (χ3n) is 0.756. The van der Waals surface area contributed by atoms with Gasteiger partial charge in [0.15, 0.2) is 0 Å². The van der Waals surface area contributed by atoms with Crippen molar-refractivity contribution in [2.75, 3.05) is 0 Å². The van der Waals surface area contributed by atoms with Crippen LogP contribution in [-0.4, -0.2) is 15.9 Å². The summed E-state index contributed by atoms with van der Waals surface area (Å²) in [6.07, 6.45) is 0.960. The Morgan fingerprint density at radius 1 is 1.88 bits per heavy atom. The largest absolute Gasteiger partial charge is 0.481 e. The van der Waals surface area contributed by atoms with Crippen molar-refractivity contribution in [3.05, 3.63) is 0 Å². The molecule has 3 heteroatoms. The second kappa shape index (κ2) is 3.89. The lowest BCUT2D eigenvalue weighted by Crippen LogP contribution is -1.98. The van der Waals surface area contributed by atoms with Crippen molar-refractivity contribution in [1.82, 2.24) is 0 Å². The molecule has 0 unspecified atom stereocenters. The van der Waals surface area contributed by atoms with E-state index in [1.165, 1.54) is 0 Å². The SMILES string of the molecule is C[C@H](Br)CCC(=O)O. The molecule has 0 bridgehead atoms. The molecule has 0 radical (unpaired) electrons. The number of hydrogen-bond donors (Lipinski definition) is 1. The molecule has 0 saturated heterocycles. The van der Waals surface area contributed by atoms with E-state index in [0.29, 0.717) is 11.2 Å². The monoisotopic (exact) mass is 180 g/mol. The van der Waals surface area contributed by atoms with E-state index in [0.717, 1.165) is 0 Å². The molecule has 0 fully saturated rings. The molecule has 1 N–H and O–H groups in total. The third kappa shape index (κ3) is 5.95. The predicted octanol–water partition coefficient (Wildman–Crippen LogP) is 1.63. The molecule has 0 aliphatic carbocycles. The lowest BCUT2D eigenvalue weighted by molar-refractivity contribution is -0.137. The molecule has 2 nitrogen and oxygen atoms in total. The summed E-state index contributed by atoms with van der Waals surface area (Å²) in [4.78, 5) is 10.2. The minimum Gasteiger partial charge on any atom is -0.481 e. The van der Waals surface area contributed by atoms with Crippen LogP contribution in [-0.2, 0) is 4.79 Å². The van der Waals surface area contributed by atoms with E-state index in [1.807, 2.05) is 6.92 Å². The number of aliphatic carboxylic acids is 1. The van der Waals surface area contributed by atoms with Crippen LogP contribution in [0.15, 0.2) is 0 Å². The standard InChI is InChI=1S/C5H9BrO2/c1-4(6)2-3-5(7)8/h4H,2-3H2,1H3,(H,7,8)/t4-/m0/s1. The first-order chi connectivity index (χ1) is 3.63. The summed E-state index contributed by atoms with van der Waals surface area (Å²) in [6, 6.07) is 0. The zero-order chi connectivity index (χ0) is 6.57. The lowest BCUT2D eigenvalue weighted by atomic mass is 10.3. The minimum absolute atomic E-state index is 0.256. The summed E-state index contributed by atoms with van der Waals surface area (Å²) in [5.74, 6) is -0.726. The molecular formula is C5H9BrO2. The maximum Gasteiger partial charge on any atom is 0.303 e. The second-order valence-electron chi connectivity index (χ2n) is 1.71. The number of carbonyl (C=O) groups is 1. The highest BCUT2D eigenvalue weighted by Gasteiger charge is 1.99. The number of hydrogen-bond acceptors (Lipinski definition) is 1. The fraction of sp³-hybridized carbons (Fsp3) is 0.800. The van der Waals surface area contributed by atoms with Crippen LogP contribution in [0.2, 0.25) is 0 Å². The van der Waals surface area contributed by atoms with Gasteiger partial charge in [-0.25, -0.2) is 0 Å². The smallest absolute Gasteiger partial charge is 0.303 e. The zero-order valence-corrected chi connectivity index (χ0v) is 6.31. The van der Waals surface area contributed by atoms with Gasteiger partial charge in [0.2, 0.25) is 0 Å². The van der Waals surface area contributed by atoms with Gasteiger partial charge in [0.1, 0.15) is 0 Å². The fourth-order valence-electron chi connectivity index (χ4n) is 0.322. The zero-order valence-electron chi connectivity index (χ0n) is 4.72. The first-order valence-electron chi connectivity index (χ1n) is 2.49. The Hall–Kier alpha value is -0.0500. The number of halogens is 1. The molecular weight excluding hydrogens is 172 g/mol. The van der Waals surface area contributed by atoms with Gasteiger partial charge in [-0.15, -0.1) is 0 Å². The Morgan fingerprint density at radius 3 is 2.50 bits per heavy atom. The Morgan fingerprint density at radius 2 is 2.38 bits per heavy atom. The van der Waals surface area contributed by atoms with Crippen LogP contribution in [0.3, 0.4) is 0 Å². The summed E-state index contributed by atoms with van der Waals surface area (Å²) in [5.41, 5.74) is 0. The van der Waals surface area contributed by atoms with Gasteiger partial charge in [-0.3, -0.25) is 4.79 Å². The van der Waals surface area contributed by atoms with Gasteiger partial charge in [0.05, 0.1) is 0 Å². The van der Waals surface area contributed by atoms with Gasteiger partial charge in [-0.1, -0.05) is 22.9 Å². The minimum atomic E-state index is -0.726. The summed E-state index contributed by atoms with van der Waals surface area (Å²) in [5, 5.41) is 8.14. The topological polar surface area (TPSA) is 37.3 Å². The van der Waals surface area contributed by atoms with Gasteiger partial charge >= 0.3 is 5.97 Å². The van der Waals surface area contributed by atoms with E-state index in [2.05, 4.69) is 15.9 Å². The predicted molar refractivity (Wildman–Crippen MR) is 35.3 cm³/mol. The molecule has 0 spiro atoms. The first-order valence-corrected chi connectivity index (χ1v) is 3.40. The number of carboxylic acid groups (broad SMARTS) is 1. The maximum atomic E-state index is 9.88. The van der Waals surface area contributed by atoms with Crippen LogP contribution in [0.1, 0.15) is 19.8 Å². The molecule has 0 aromatic heterocycles. The van der Waals surface area contributed by atoms with Crippen LogP contribution in [0.5, 0.6) is 0 Å². The molecule has 1 atom stereocenters. The van der Waals surface area contributed by atoms with Crippen molar-refractivity contribution in [2.45, 2.75) is 24.6 Å². The van der Waals surface area contributed by atoms with Crippen molar-refractivity contribution in [2.24, 2.45) is 0 Å². The Labute approximate surface area is 57.0 Å². The number of carboxylic acids is 1. The summed E-state index contributed by atoms with van der Waals surface area (Å²) < 4.78 is 0. The molecule has 0 heterocycles. The summed E-state index contributed by atoms with van der Waals surface area (Å²) in [7, 11) is 0. The fourth-order valence-corrected chi connectivity index (χ4v) is 0.551. The van der Waals surface area contributed by atoms with Gasteiger partial charge in [-0.05, 0) is 6.42 Å². The van der Waals surface area contributed by atoms with Crippen LogP contribution < -0.4 is 0 Å². The molecule has 0 aliphatic heterocycles. The van der Waals surface area contributed by atoms with Gasteiger partial charge in [0, 0.05) is 11.2 Å². The van der Waals surface area contributed by atoms with Crippen molar-refractivity contribution in [1.29, 1.82) is 0 Å². The van der Waals surface area contributed by atoms with E-state index in [1.54, 1.807) is 0 Å². The Kier molecular flexibility index (Phi) is 3.87. The highest BCUT2D eigenvalue weighted by atomic mass is 79.9. The van der Waals surface area contributed by atoms with E-state index in [4.69, 9.17) is 5.11 Å². The molecule has 0 aromatic rings. The van der Waals surface area contributed by atoms with Gasteiger partial charge in [-0.2, -0.15) is 0 Å². The van der Waals surface area contributed by atoms with Crippen molar-refractivity contribution < 1.29 is 9.90 Å². The molecule has 0 rings (SSSR count). The molecule has 0 aromatic carbocycles. The average molecular weight is 181 g/mol. The highest BCUT2D eigenvalue weighted by Crippen LogP contribution is 2.05. The molecule has 0 saturated carbocycles. The van der Waals surface area contributed by atoms with Gasteiger partial charge < -0.3 is 5.11 Å². The summed E-state index contributed by atoms with van der Waals surface area (Å²) >= 11 is 3.24. The Bertz CT molecular complexity index is 80.5. The lowest BCUT2D eigenvalue weighted by Gasteiger charge is -1.95. The second-order valence-corrected chi connectivity index (χ2v) is 3.28. The van der Waals surface area contributed by atoms with Crippen LogP contribution in [0.25, 0.3) is 0 Å². The third-order valence-corrected chi connectivity index (χ3v) is 1.21. The highest BCUT2D eigenvalue weighted by molar-refractivity contribution is 9.09. The van der Waals surface area contributed by atoms with Crippen LogP contribution in [0.4, 0.5) is 0 Å². The molecule has 8 heavy (non-hydrogen) atoms. The van der Waals surface area contributed by atoms with Crippen molar-refractivity contribution in [3.8, 4) is 0 Å². The van der Waals surface area contributed by atoms with Gasteiger partial charge in [0.25, 0.3) is 0 Å². The van der Waals surface area contributed by atoms with E-state index >= 15 is 0 Å². The first kappa shape index (κ1) is 7.95. The normalized spacial score (nSPS) is 13.2. The average Bonchev–Trinajstić information content (AvgIpc) is 1.61. The van der Waals surface area contributed by atoms with Crippen LogP contribution >= 0.6 is 15.9 Å². The number of alkyl halides is 1. The molecule has 0 amide bonds. The van der Waals surface area contributed by atoms with E-state index in [-0.39, 0.29) is 6.42 Å². The quantitative estimate of drug-likeness (QED) is 0.672. The molecule has 0 aliphatic rings. The van der Waals surface area contributed by atoms with E-state index in [9.17, 15) is 4.79 Å². The number of rotatable bonds is 3. The summed E-state index contributed by atoms with van der Waals surface area (Å²) in [6.45, 7) is 1.93. The van der Waals surface area contributed by atoms with E-state index < -0.39 is 5.97 Å². The maximum absolute atomic E-state index is 9.88. The molecule has 48 valence electrons.